The Hall–Kier alpha value is 0.280. The van der Waals surface area contributed by atoms with Crippen LogP contribution in [0.1, 0.15) is 21.2 Å². The lowest BCUT2D eigenvalue weighted by atomic mass is 10.2. The van der Waals surface area contributed by atoms with E-state index < -0.39 is 0 Å². The number of hydrogen-bond donors (Lipinski definition) is 0. The van der Waals surface area contributed by atoms with Crippen molar-refractivity contribution in [2.24, 2.45) is 0 Å². The minimum Gasteiger partial charge on any atom is -0.215 e. The van der Waals surface area contributed by atoms with Gasteiger partial charge >= 0.3 is 0 Å². The highest BCUT2D eigenvalue weighted by Gasteiger charge is 2.17. The van der Waals surface area contributed by atoms with Gasteiger partial charge in [-0.2, -0.15) is 0 Å². The van der Waals surface area contributed by atoms with Crippen LogP contribution in [-0.4, -0.2) is 0 Å². The summed E-state index contributed by atoms with van der Waals surface area (Å²) < 4.78 is 1.91. The van der Waals surface area contributed by atoms with E-state index in [0.29, 0.717) is 0 Å². The molecule has 0 amide bonds. The number of hydrogen-bond acceptors (Lipinski definition) is 2. The van der Waals surface area contributed by atoms with Crippen molar-refractivity contribution in [3.63, 3.8) is 0 Å². The molecule has 2 aromatic rings. The monoisotopic (exact) mass is 526 g/mol. The zero-order valence-electron chi connectivity index (χ0n) is 10.1. The van der Waals surface area contributed by atoms with Crippen molar-refractivity contribution in [1.29, 1.82) is 0 Å². The number of benzene rings is 2. The Bertz CT molecular complexity index is 525. The molecule has 106 valence electrons. The van der Waals surface area contributed by atoms with Crippen molar-refractivity contribution in [1.82, 2.24) is 0 Å². The summed E-state index contributed by atoms with van der Waals surface area (Å²) in [6.07, 6.45) is 0. The molecule has 6 heteroatoms. The van der Waals surface area contributed by atoms with Gasteiger partial charge in [0.05, 0.1) is 0 Å². The fourth-order valence-corrected chi connectivity index (χ4v) is 4.09. The average Bonchev–Trinajstić information content (AvgIpc) is 2.45. The van der Waals surface area contributed by atoms with E-state index in [1.807, 2.05) is 48.5 Å². The molecule has 0 aliphatic rings. The lowest BCUT2D eigenvalue weighted by molar-refractivity contribution is -0.315. The molecule has 2 aromatic carbocycles. The maximum absolute atomic E-state index is 5.40. The highest BCUT2D eigenvalue weighted by molar-refractivity contribution is 9.11. The van der Waals surface area contributed by atoms with Gasteiger partial charge in [0.15, 0.2) is 10.0 Å². The molecule has 0 aromatic heterocycles. The molecule has 0 saturated carbocycles. The normalized spacial score (nSPS) is 14.0. The molecule has 0 bridgehead atoms. The van der Waals surface area contributed by atoms with Gasteiger partial charge in [-0.3, -0.25) is 0 Å². The van der Waals surface area contributed by atoms with Crippen molar-refractivity contribution < 1.29 is 9.78 Å². The first-order chi connectivity index (χ1) is 9.59. The Labute approximate surface area is 151 Å². The first-order valence-corrected chi connectivity index (χ1v) is 9.10. The van der Waals surface area contributed by atoms with Gasteiger partial charge in [0.2, 0.25) is 0 Å². The molecule has 0 N–H and O–H groups in total. The zero-order chi connectivity index (χ0) is 14.5. The van der Waals surface area contributed by atoms with Crippen LogP contribution in [0, 0.1) is 0 Å². The maximum Gasteiger partial charge on any atom is 0.173 e. The van der Waals surface area contributed by atoms with Crippen molar-refractivity contribution in [2.75, 3.05) is 0 Å². The zero-order valence-corrected chi connectivity index (χ0v) is 16.4. The highest BCUT2D eigenvalue weighted by atomic mass is 79.9. The summed E-state index contributed by atoms with van der Waals surface area (Å²) in [6.45, 7) is 0. The highest BCUT2D eigenvalue weighted by Crippen LogP contribution is 2.35. The third-order valence-corrected chi connectivity index (χ3v) is 5.26. The molecular formula is C14H10Br4O2. The van der Waals surface area contributed by atoms with Crippen LogP contribution in [0.4, 0.5) is 0 Å². The van der Waals surface area contributed by atoms with Crippen LogP contribution in [0.25, 0.3) is 0 Å². The van der Waals surface area contributed by atoms with Crippen LogP contribution in [-0.2, 0) is 9.78 Å². The van der Waals surface area contributed by atoms with E-state index in [1.54, 1.807) is 0 Å². The molecule has 20 heavy (non-hydrogen) atoms. The van der Waals surface area contributed by atoms with Crippen LogP contribution < -0.4 is 0 Å². The fraction of sp³-hybridized carbons (Fsp3) is 0.143. The fourth-order valence-electron chi connectivity index (χ4n) is 1.52. The summed E-state index contributed by atoms with van der Waals surface area (Å²) in [5, 5.41) is -0.721. The van der Waals surface area contributed by atoms with Gasteiger partial charge in [0, 0.05) is 20.1 Å². The van der Waals surface area contributed by atoms with Gasteiger partial charge in [0.25, 0.3) is 0 Å². The summed E-state index contributed by atoms with van der Waals surface area (Å²) in [4.78, 5) is 10.8. The second-order valence-corrected chi connectivity index (χ2v) is 7.24. The van der Waals surface area contributed by atoms with Crippen LogP contribution in [0.2, 0.25) is 0 Å². The van der Waals surface area contributed by atoms with Crippen molar-refractivity contribution in [3.8, 4) is 0 Å². The van der Waals surface area contributed by atoms with Crippen LogP contribution >= 0.6 is 63.7 Å². The maximum atomic E-state index is 5.40. The number of halogens is 4. The molecule has 0 saturated heterocycles. The summed E-state index contributed by atoms with van der Waals surface area (Å²) in [5.41, 5.74) is 1.92. The quantitative estimate of drug-likeness (QED) is 0.245. The second kappa shape index (κ2) is 8.06. The Morgan fingerprint density at radius 1 is 0.650 bits per heavy atom. The van der Waals surface area contributed by atoms with Gasteiger partial charge in [-0.15, -0.1) is 0 Å². The lowest BCUT2D eigenvalue weighted by Crippen LogP contribution is -2.03. The molecule has 0 aliphatic heterocycles. The van der Waals surface area contributed by atoms with E-state index in [1.165, 1.54) is 0 Å². The summed E-state index contributed by atoms with van der Waals surface area (Å²) in [7, 11) is 0. The minimum atomic E-state index is -0.361. The molecule has 0 aliphatic carbocycles. The topological polar surface area (TPSA) is 18.5 Å². The molecule has 2 nitrogen and oxygen atoms in total. The van der Waals surface area contributed by atoms with Gasteiger partial charge in [-0.25, -0.2) is 9.78 Å². The van der Waals surface area contributed by atoms with Crippen molar-refractivity contribution >= 4 is 63.7 Å². The third kappa shape index (κ3) is 4.39. The smallest absolute Gasteiger partial charge is 0.173 e. The van der Waals surface area contributed by atoms with Crippen LogP contribution in [0.3, 0.4) is 0 Å². The second-order valence-electron chi connectivity index (χ2n) is 3.87. The minimum absolute atomic E-state index is 0.361. The number of alkyl halides is 2. The molecular weight excluding hydrogens is 520 g/mol. The molecule has 0 heterocycles. The van der Waals surface area contributed by atoms with Gasteiger partial charge in [-0.05, 0) is 44.0 Å². The SMILES string of the molecule is Brc1ccccc1C(Br)OOC(Br)c1ccccc1Br. The predicted molar refractivity (Wildman–Crippen MR) is 93.8 cm³/mol. The molecule has 2 rings (SSSR count). The Balaban J connectivity index is 1.99. The summed E-state index contributed by atoms with van der Waals surface area (Å²) >= 11 is 13.8. The first kappa shape index (κ1) is 16.6. The number of rotatable bonds is 5. The summed E-state index contributed by atoms with van der Waals surface area (Å²) in [6, 6.07) is 15.6. The van der Waals surface area contributed by atoms with E-state index in [9.17, 15) is 0 Å². The van der Waals surface area contributed by atoms with E-state index in [4.69, 9.17) is 9.78 Å². The van der Waals surface area contributed by atoms with E-state index >= 15 is 0 Å². The third-order valence-electron chi connectivity index (χ3n) is 2.52. The Morgan fingerprint density at radius 3 is 1.35 bits per heavy atom. The summed E-state index contributed by atoms with van der Waals surface area (Å²) in [5.74, 6) is 0. The Morgan fingerprint density at radius 2 is 1.00 bits per heavy atom. The molecule has 0 spiro atoms. The standard InChI is InChI=1S/C14H10Br4O2/c15-11-7-3-1-5-9(11)13(17)19-20-14(18)10-6-2-4-8-12(10)16/h1-8,13-14H. The molecule has 0 fully saturated rings. The van der Waals surface area contributed by atoms with E-state index in [2.05, 4.69) is 63.7 Å². The van der Waals surface area contributed by atoms with E-state index in [-0.39, 0.29) is 10.0 Å². The average molecular weight is 530 g/mol. The largest absolute Gasteiger partial charge is 0.215 e. The van der Waals surface area contributed by atoms with Gasteiger partial charge < -0.3 is 0 Å². The van der Waals surface area contributed by atoms with E-state index in [0.717, 1.165) is 20.1 Å². The molecule has 0 radical (unpaired) electrons. The predicted octanol–water partition coefficient (Wildman–Crippen LogP) is 6.65. The van der Waals surface area contributed by atoms with Crippen molar-refractivity contribution in [3.05, 3.63) is 68.6 Å². The molecule has 2 unspecified atom stereocenters. The Kier molecular flexibility index (Phi) is 6.71. The first-order valence-electron chi connectivity index (χ1n) is 5.68. The van der Waals surface area contributed by atoms with Crippen molar-refractivity contribution in [2.45, 2.75) is 10.0 Å². The van der Waals surface area contributed by atoms with Crippen LogP contribution in [0.5, 0.6) is 0 Å². The molecule has 2 atom stereocenters. The van der Waals surface area contributed by atoms with Crippen LogP contribution in [0.15, 0.2) is 57.5 Å². The lowest BCUT2D eigenvalue weighted by Gasteiger charge is -2.16. The van der Waals surface area contributed by atoms with Gasteiger partial charge in [0.1, 0.15) is 0 Å². The van der Waals surface area contributed by atoms with Gasteiger partial charge in [-0.1, -0.05) is 68.3 Å².